The van der Waals surface area contributed by atoms with Gasteiger partial charge in [-0.2, -0.15) is 0 Å². The van der Waals surface area contributed by atoms with Crippen LogP contribution < -0.4 is 10.6 Å². The van der Waals surface area contributed by atoms with Crippen molar-refractivity contribution in [2.24, 2.45) is 0 Å². The Morgan fingerprint density at radius 2 is 1.83 bits per heavy atom. The van der Waals surface area contributed by atoms with E-state index in [1.54, 1.807) is 6.20 Å². The number of benzene rings is 2. The maximum Gasteiger partial charge on any atom is 0.253 e. The fourth-order valence-corrected chi connectivity index (χ4v) is 3.73. The number of amides is 1. The van der Waals surface area contributed by atoms with Gasteiger partial charge in [-0.25, -0.2) is 0 Å². The Morgan fingerprint density at radius 3 is 2.47 bits per heavy atom. The standard InChI is InChI=1S/C26H33N3O/c1-8-27-23-12-9-19(13-16(23)2)18(4)29-25(30)22-15-28-24-14-20(26(5,6)7)10-11-21(24)17(22)3/h9-15,18,27H,8H2,1-7H3,(H,29,30)/t18-/m1/s1. The fraction of sp³-hybridized carbons (Fsp3) is 0.385. The van der Waals surface area contributed by atoms with Gasteiger partial charge in [-0.1, -0.05) is 45.0 Å². The number of carbonyl (C=O) groups excluding carboxylic acids is 1. The molecule has 1 heterocycles. The molecule has 0 bridgehead atoms. The summed E-state index contributed by atoms with van der Waals surface area (Å²) in [7, 11) is 0. The van der Waals surface area contributed by atoms with Gasteiger partial charge in [-0.3, -0.25) is 9.78 Å². The molecule has 30 heavy (non-hydrogen) atoms. The molecule has 1 atom stereocenters. The number of pyridine rings is 1. The monoisotopic (exact) mass is 403 g/mol. The second-order valence-electron chi connectivity index (χ2n) is 9.08. The predicted octanol–water partition coefficient (Wildman–Crippen LogP) is 6.07. The van der Waals surface area contributed by atoms with Crippen LogP contribution in [0.25, 0.3) is 10.9 Å². The summed E-state index contributed by atoms with van der Waals surface area (Å²) in [6.07, 6.45) is 1.70. The molecule has 3 rings (SSSR count). The van der Waals surface area contributed by atoms with Gasteiger partial charge < -0.3 is 10.6 Å². The molecule has 4 nitrogen and oxygen atoms in total. The number of hydrogen-bond donors (Lipinski definition) is 2. The van der Waals surface area contributed by atoms with E-state index < -0.39 is 0 Å². The number of nitrogens with one attached hydrogen (secondary N) is 2. The van der Waals surface area contributed by atoms with Gasteiger partial charge in [-0.05, 0) is 67.5 Å². The number of fused-ring (bicyclic) bond motifs is 1. The Bertz CT molecular complexity index is 1080. The van der Waals surface area contributed by atoms with Crippen LogP contribution in [0.15, 0.2) is 42.6 Å². The van der Waals surface area contributed by atoms with E-state index in [9.17, 15) is 4.79 Å². The summed E-state index contributed by atoms with van der Waals surface area (Å²) in [5, 5.41) is 7.51. The zero-order chi connectivity index (χ0) is 22.1. The molecule has 2 aromatic carbocycles. The van der Waals surface area contributed by atoms with Crippen molar-refractivity contribution >= 4 is 22.5 Å². The first-order valence-corrected chi connectivity index (χ1v) is 10.7. The first-order valence-electron chi connectivity index (χ1n) is 10.7. The topological polar surface area (TPSA) is 54.0 Å². The van der Waals surface area contributed by atoms with E-state index >= 15 is 0 Å². The van der Waals surface area contributed by atoms with Crippen molar-refractivity contribution in [2.45, 2.75) is 59.9 Å². The third-order valence-corrected chi connectivity index (χ3v) is 5.71. The highest BCUT2D eigenvalue weighted by atomic mass is 16.1. The molecule has 2 N–H and O–H groups in total. The van der Waals surface area contributed by atoms with E-state index in [2.05, 4.69) is 86.6 Å². The number of carbonyl (C=O) groups is 1. The van der Waals surface area contributed by atoms with Crippen LogP contribution in [0.2, 0.25) is 0 Å². The lowest BCUT2D eigenvalue weighted by atomic mass is 9.86. The molecule has 158 valence electrons. The second-order valence-corrected chi connectivity index (χ2v) is 9.08. The molecule has 0 spiro atoms. The van der Waals surface area contributed by atoms with Gasteiger partial charge in [0.1, 0.15) is 0 Å². The molecule has 4 heteroatoms. The highest BCUT2D eigenvalue weighted by Crippen LogP contribution is 2.28. The summed E-state index contributed by atoms with van der Waals surface area (Å²) >= 11 is 0. The first kappa shape index (κ1) is 21.8. The van der Waals surface area contributed by atoms with Crippen molar-refractivity contribution < 1.29 is 4.79 Å². The van der Waals surface area contributed by atoms with E-state index in [0.29, 0.717) is 5.56 Å². The summed E-state index contributed by atoms with van der Waals surface area (Å²) in [5.41, 5.74) is 7.21. The molecule has 0 aliphatic heterocycles. The number of hydrogen-bond acceptors (Lipinski definition) is 3. The van der Waals surface area contributed by atoms with Crippen LogP contribution in [0, 0.1) is 13.8 Å². The normalized spacial score (nSPS) is 12.6. The minimum atomic E-state index is -0.0947. The third kappa shape index (κ3) is 4.48. The van der Waals surface area contributed by atoms with Crippen LogP contribution in [-0.4, -0.2) is 17.4 Å². The predicted molar refractivity (Wildman–Crippen MR) is 126 cm³/mol. The van der Waals surface area contributed by atoms with Crippen LogP contribution in [0.1, 0.15) is 73.3 Å². The van der Waals surface area contributed by atoms with Gasteiger partial charge in [0.05, 0.1) is 17.1 Å². The van der Waals surface area contributed by atoms with Gasteiger partial charge >= 0.3 is 0 Å². The average molecular weight is 404 g/mol. The lowest BCUT2D eigenvalue weighted by Crippen LogP contribution is -2.27. The highest BCUT2D eigenvalue weighted by Gasteiger charge is 2.18. The SMILES string of the molecule is CCNc1ccc([C@@H](C)NC(=O)c2cnc3cc(C(C)(C)C)ccc3c2C)cc1C. The van der Waals surface area contributed by atoms with E-state index in [0.717, 1.165) is 34.3 Å². The lowest BCUT2D eigenvalue weighted by molar-refractivity contribution is 0.0939. The van der Waals surface area contributed by atoms with Crippen LogP contribution in [-0.2, 0) is 5.41 Å². The van der Waals surface area contributed by atoms with E-state index in [-0.39, 0.29) is 17.4 Å². The Labute approximate surface area is 180 Å². The van der Waals surface area contributed by atoms with Gasteiger partial charge in [-0.15, -0.1) is 0 Å². The summed E-state index contributed by atoms with van der Waals surface area (Å²) in [5.74, 6) is -0.0947. The third-order valence-electron chi connectivity index (χ3n) is 5.71. The van der Waals surface area contributed by atoms with Crippen molar-refractivity contribution in [3.63, 3.8) is 0 Å². The Hall–Kier alpha value is -2.88. The van der Waals surface area contributed by atoms with Gasteiger partial charge in [0.15, 0.2) is 0 Å². The highest BCUT2D eigenvalue weighted by molar-refractivity contribution is 6.00. The number of anilines is 1. The van der Waals surface area contributed by atoms with Crippen LogP contribution in [0.4, 0.5) is 5.69 Å². The summed E-state index contributed by atoms with van der Waals surface area (Å²) in [6.45, 7) is 15.6. The molecule has 0 saturated heterocycles. The number of aryl methyl sites for hydroxylation is 2. The smallest absolute Gasteiger partial charge is 0.253 e. The van der Waals surface area contributed by atoms with E-state index in [4.69, 9.17) is 0 Å². The zero-order valence-electron chi connectivity index (χ0n) is 19.2. The van der Waals surface area contributed by atoms with E-state index in [1.165, 1.54) is 11.1 Å². The van der Waals surface area contributed by atoms with E-state index in [1.807, 2.05) is 13.8 Å². The van der Waals surface area contributed by atoms with Crippen molar-refractivity contribution in [2.75, 3.05) is 11.9 Å². The second kappa shape index (κ2) is 8.47. The molecule has 1 aromatic heterocycles. The van der Waals surface area contributed by atoms with Crippen molar-refractivity contribution in [3.05, 3.63) is 70.4 Å². The molecule has 3 aromatic rings. The minimum absolute atomic E-state index is 0.0651. The van der Waals surface area contributed by atoms with Crippen LogP contribution >= 0.6 is 0 Å². The Morgan fingerprint density at radius 1 is 1.10 bits per heavy atom. The molecule has 0 unspecified atom stereocenters. The largest absolute Gasteiger partial charge is 0.385 e. The number of nitrogens with zero attached hydrogens (tertiary/aromatic N) is 1. The van der Waals surface area contributed by atoms with Crippen molar-refractivity contribution in [1.29, 1.82) is 0 Å². The zero-order valence-corrected chi connectivity index (χ0v) is 19.2. The van der Waals surface area contributed by atoms with Gasteiger partial charge in [0.25, 0.3) is 5.91 Å². The lowest BCUT2D eigenvalue weighted by Gasteiger charge is -2.20. The molecule has 1 amide bonds. The first-order chi connectivity index (χ1) is 14.1. The summed E-state index contributed by atoms with van der Waals surface area (Å²) < 4.78 is 0. The van der Waals surface area contributed by atoms with Crippen molar-refractivity contribution in [1.82, 2.24) is 10.3 Å². The Balaban J connectivity index is 1.84. The molecule has 0 aliphatic rings. The summed E-state index contributed by atoms with van der Waals surface area (Å²) in [6, 6.07) is 12.5. The Kier molecular flexibility index (Phi) is 6.16. The maximum atomic E-state index is 13.0. The number of aromatic nitrogens is 1. The molecule has 0 aliphatic carbocycles. The van der Waals surface area contributed by atoms with Crippen LogP contribution in [0.5, 0.6) is 0 Å². The number of rotatable bonds is 5. The molecule has 0 saturated carbocycles. The molecule has 0 fully saturated rings. The van der Waals surface area contributed by atoms with Crippen LogP contribution in [0.3, 0.4) is 0 Å². The quantitative estimate of drug-likeness (QED) is 0.543. The fourth-order valence-electron chi connectivity index (χ4n) is 3.73. The van der Waals surface area contributed by atoms with Crippen molar-refractivity contribution in [3.8, 4) is 0 Å². The molecule has 0 radical (unpaired) electrons. The minimum Gasteiger partial charge on any atom is -0.385 e. The molecular formula is C26H33N3O. The summed E-state index contributed by atoms with van der Waals surface area (Å²) in [4.78, 5) is 17.6. The van der Waals surface area contributed by atoms with Gasteiger partial charge in [0, 0.05) is 23.8 Å². The average Bonchev–Trinajstić information content (AvgIpc) is 2.68. The maximum absolute atomic E-state index is 13.0. The van der Waals surface area contributed by atoms with Gasteiger partial charge in [0.2, 0.25) is 0 Å². The molecular weight excluding hydrogens is 370 g/mol.